The van der Waals surface area contributed by atoms with Crippen LogP contribution in [0.25, 0.3) is 11.4 Å². The van der Waals surface area contributed by atoms with E-state index in [1.165, 1.54) is 0 Å². The quantitative estimate of drug-likeness (QED) is 0.697. The lowest BCUT2D eigenvalue weighted by Crippen LogP contribution is -2.44. The Hall–Kier alpha value is -3.48. The SMILES string of the molecule is Cc1ccc(NC(=O)[C@@H]2CCCN(C(=O)c3cc(-c4ccccn4)n[nH]3)C2)c(C)c1. The van der Waals surface area contributed by atoms with E-state index in [-0.39, 0.29) is 17.7 Å². The van der Waals surface area contributed by atoms with Gasteiger partial charge in [-0.1, -0.05) is 23.8 Å². The zero-order valence-corrected chi connectivity index (χ0v) is 17.2. The fourth-order valence-electron chi connectivity index (χ4n) is 3.81. The lowest BCUT2D eigenvalue weighted by Gasteiger charge is -2.31. The zero-order chi connectivity index (χ0) is 21.1. The number of aromatic nitrogens is 3. The molecule has 0 radical (unpaired) electrons. The number of piperidine rings is 1. The van der Waals surface area contributed by atoms with Crippen LogP contribution in [0.2, 0.25) is 0 Å². The molecule has 2 aromatic heterocycles. The number of hydrogen-bond acceptors (Lipinski definition) is 4. The molecule has 0 spiro atoms. The number of pyridine rings is 1. The number of anilines is 1. The summed E-state index contributed by atoms with van der Waals surface area (Å²) in [6.45, 7) is 5.03. The Balaban J connectivity index is 1.43. The fourth-order valence-corrected chi connectivity index (χ4v) is 3.81. The third kappa shape index (κ3) is 4.25. The van der Waals surface area contributed by atoms with Crippen LogP contribution in [0.15, 0.2) is 48.7 Å². The number of nitrogens with zero attached hydrogens (tertiary/aromatic N) is 3. The number of H-pyrrole nitrogens is 1. The molecule has 0 unspecified atom stereocenters. The van der Waals surface area contributed by atoms with Crippen LogP contribution in [0.1, 0.15) is 34.5 Å². The lowest BCUT2D eigenvalue weighted by atomic mass is 9.96. The number of hydrogen-bond donors (Lipinski definition) is 2. The Morgan fingerprint density at radius 2 is 2.00 bits per heavy atom. The number of benzene rings is 1. The zero-order valence-electron chi connectivity index (χ0n) is 17.2. The van der Waals surface area contributed by atoms with E-state index < -0.39 is 0 Å². The van der Waals surface area contributed by atoms with Gasteiger partial charge in [-0.2, -0.15) is 5.10 Å². The molecule has 7 heteroatoms. The van der Waals surface area contributed by atoms with Crippen molar-refractivity contribution in [3.63, 3.8) is 0 Å². The van der Waals surface area contributed by atoms with E-state index in [1.54, 1.807) is 17.2 Å². The summed E-state index contributed by atoms with van der Waals surface area (Å²) in [4.78, 5) is 31.8. The van der Waals surface area contributed by atoms with Crippen molar-refractivity contribution in [2.24, 2.45) is 5.92 Å². The van der Waals surface area contributed by atoms with Gasteiger partial charge < -0.3 is 10.2 Å². The molecule has 0 saturated carbocycles. The summed E-state index contributed by atoms with van der Waals surface area (Å²) in [6.07, 6.45) is 3.25. The molecule has 1 aliphatic heterocycles. The van der Waals surface area contributed by atoms with Gasteiger partial charge in [-0.05, 0) is 56.5 Å². The van der Waals surface area contributed by atoms with E-state index in [0.717, 1.165) is 29.7 Å². The predicted octanol–water partition coefficient (Wildman–Crippen LogP) is 3.58. The average molecular weight is 403 g/mol. The van der Waals surface area contributed by atoms with Gasteiger partial charge in [0.1, 0.15) is 11.4 Å². The first-order chi connectivity index (χ1) is 14.5. The third-order valence-corrected chi connectivity index (χ3v) is 5.45. The summed E-state index contributed by atoms with van der Waals surface area (Å²) >= 11 is 0. The number of rotatable bonds is 4. The minimum atomic E-state index is -0.235. The highest BCUT2D eigenvalue weighted by Gasteiger charge is 2.30. The van der Waals surface area contributed by atoms with Gasteiger partial charge in [0.15, 0.2) is 0 Å². The van der Waals surface area contributed by atoms with E-state index >= 15 is 0 Å². The highest BCUT2D eigenvalue weighted by atomic mass is 16.2. The number of carbonyl (C=O) groups excluding carboxylic acids is 2. The van der Waals surface area contributed by atoms with Crippen molar-refractivity contribution in [3.8, 4) is 11.4 Å². The van der Waals surface area contributed by atoms with Gasteiger partial charge >= 0.3 is 0 Å². The first kappa shape index (κ1) is 19.8. The van der Waals surface area contributed by atoms with E-state index in [4.69, 9.17) is 0 Å². The standard InChI is InChI=1S/C23H25N5O2/c1-15-8-9-18(16(2)12-15)25-22(29)17-6-5-11-28(14-17)23(30)21-13-20(26-27-21)19-7-3-4-10-24-19/h3-4,7-10,12-13,17H,5-6,11,14H2,1-2H3,(H,25,29)(H,26,27)/t17-/m1/s1. The number of amides is 2. The Kier molecular flexibility index (Phi) is 5.61. The normalized spacial score (nSPS) is 16.3. The molecule has 154 valence electrons. The van der Waals surface area contributed by atoms with Gasteiger partial charge in [-0.3, -0.25) is 19.7 Å². The molecule has 1 atom stereocenters. The van der Waals surface area contributed by atoms with Gasteiger partial charge in [0.05, 0.1) is 11.6 Å². The monoisotopic (exact) mass is 403 g/mol. The van der Waals surface area contributed by atoms with Crippen molar-refractivity contribution in [2.45, 2.75) is 26.7 Å². The maximum absolute atomic E-state index is 13.0. The van der Waals surface area contributed by atoms with Crippen molar-refractivity contribution >= 4 is 17.5 Å². The molecule has 2 amide bonds. The van der Waals surface area contributed by atoms with Gasteiger partial charge in [0, 0.05) is 25.0 Å². The van der Waals surface area contributed by atoms with Crippen LogP contribution in [0.5, 0.6) is 0 Å². The number of aryl methyl sites for hydroxylation is 2. The predicted molar refractivity (Wildman–Crippen MR) is 115 cm³/mol. The largest absolute Gasteiger partial charge is 0.337 e. The van der Waals surface area contributed by atoms with Gasteiger partial charge in [-0.25, -0.2) is 0 Å². The average Bonchev–Trinajstić information content (AvgIpc) is 3.26. The summed E-state index contributed by atoms with van der Waals surface area (Å²) < 4.78 is 0. The summed E-state index contributed by atoms with van der Waals surface area (Å²) in [5.74, 6) is -0.423. The Morgan fingerprint density at radius 3 is 2.77 bits per heavy atom. The molecule has 1 saturated heterocycles. The molecule has 1 aromatic carbocycles. The van der Waals surface area contributed by atoms with Gasteiger partial charge in [-0.15, -0.1) is 0 Å². The Labute approximate surface area is 175 Å². The van der Waals surface area contributed by atoms with Crippen LogP contribution in [-0.4, -0.2) is 45.0 Å². The molecule has 30 heavy (non-hydrogen) atoms. The highest BCUT2D eigenvalue weighted by molar-refractivity contribution is 5.96. The van der Waals surface area contributed by atoms with Crippen molar-refractivity contribution in [2.75, 3.05) is 18.4 Å². The Morgan fingerprint density at radius 1 is 1.13 bits per heavy atom. The summed E-state index contributed by atoms with van der Waals surface area (Å²) in [5.41, 5.74) is 4.75. The van der Waals surface area contributed by atoms with Crippen LogP contribution < -0.4 is 5.32 Å². The summed E-state index contributed by atoms with van der Waals surface area (Å²) in [6, 6.07) is 13.2. The van der Waals surface area contributed by atoms with Crippen LogP contribution in [0.3, 0.4) is 0 Å². The summed E-state index contributed by atoms with van der Waals surface area (Å²) in [7, 11) is 0. The van der Waals surface area contributed by atoms with Gasteiger partial charge in [0.25, 0.3) is 5.91 Å². The van der Waals surface area contributed by atoms with E-state index in [0.29, 0.717) is 30.2 Å². The fraction of sp³-hybridized carbons (Fsp3) is 0.304. The second kappa shape index (κ2) is 8.49. The molecular formula is C23H25N5O2. The number of carbonyl (C=O) groups is 2. The molecule has 1 fully saturated rings. The molecule has 4 rings (SSSR count). The molecule has 3 aromatic rings. The molecule has 7 nitrogen and oxygen atoms in total. The second-order valence-electron chi connectivity index (χ2n) is 7.78. The molecule has 2 N–H and O–H groups in total. The summed E-state index contributed by atoms with van der Waals surface area (Å²) in [5, 5.41) is 10.1. The second-order valence-corrected chi connectivity index (χ2v) is 7.78. The van der Waals surface area contributed by atoms with Crippen molar-refractivity contribution in [3.05, 3.63) is 65.5 Å². The van der Waals surface area contributed by atoms with E-state index in [2.05, 4.69) is 20.5 Å². The van der Waals surface area contributed by atoms with Crippen LogP contribution >= 0.6 is 0 Å². The number of aromatic amines is 1. The Bertz CT molecular complexity index is 1060. The molecule has 1 aliphatic rings. The number of likely N-dealkylation sites (tertiary alicyclic amines) is 1. The van der Waals surface area contributed by atoms with Crippen LogP contribution in [-0.2, 0) is 4.79 Å². The topological polar surface area (TPSA) is 91.0 Å². The van der Waals surface area contributed by atoms with Crippen molar-refractivity contribution in [1.29, 1.82) is 0 Å². The third-order valence-electron chi connectivity index (χ3n) is 5.45. The van der Waals surface area contributed by atoms with Gasteiger partial charge in [0.2, 0.25) is 5.91 Å². The highest BCUT2D eigenvalue weighted by Crippen LogP contribution is 2.23. The first-order valence-electron chi connectivity index (χ1n) is 10.2. The smallest absolute Gasteiger partial charge is 0.271 e. The maximum atomic E-state index is 13.0. The number of nitrogens with one attached hydrogen (secondary N) is 2. The maximum Gasteiger partial charge on any atom is 0.271 e. The van der Waals surface area contributed by atoms with Crippen LogP contribution in [0.4, 0.5) is 5.69 Å². The molecule has 3 heterocycles. The van der Waals surface area contributed by atoms with Crippen LogP contribution in [0, 0.1) is 19.8 Å². The van der Waals surface area contributed by atoms with E-state index in [1.807, 2.05) is 50.2 Å². The molecule has 0 bridgehead atoms. The minimum absolute atomic E-state index is 0.0433. The lowest BCUT2D eigenvalue weighted by molar-refractivity contribution is -0.121. The van der Waals surface area contributed by atoms with Crippen molar-refractivity contribution < 1.29 is 9.59 Å². The first-order valence-corrected chi connectivity index (χ1v) is 10.2. The van der Waals surface area contributed by atoms with Crippen molar-refractivity contribution in [1.82, 2.24) is 20.1 Å². The molecular weight excluding hydrogens is 378 g/mol. The molecule has 0 aliphatic carbocycles. The van der Waals surface area contributed by atoms with E-state index in [9.17, 15) is 9.59 Å². The minimum Gasteiger partial charge on any atom is -0.337 e.